The van der Waals surface area contributed by atoms with E-state index in [1.54, 1.807) is 7.11 Å². The van der Waals surface area contributed by atoms with Crippen molar-refractivity contribution in [3.05, 3.63) is 23.8 Å². The highest BCUT2D eigenvalue weighted by atomic mass is 35.5. The number of benzene rings is 1. The van der Waals surface area contributed by atoms with E-state index in [0.717, 1.165) is 18.6 Å². The van der Waals surface area contributed by atoms with Crippen LogP contribution in [0.25, 0.3) is 0 Å². The van der Waals surface area contributed by atoms with Gasteiger partial charge in [0.25, 0.3) is 0 Å². The molecule has 4 heteroatoms. The summed E-state index contributed by atoms with van der Waals surface area (Å²) >= 11 is 5.86. The summed E-state index contributed by atoms with van der Waals surface area (Å²) in [5.41, 5.74) is 0.932. The summed E-state index contributed by atoms with van der Waals surface area (Å²) < 4.78 is 16.3. The molecule has 0 aromatic heterocycles. The Bertz CT molecular complexity index is 306. The predicted molar refractivity (Wildman–Crippen MR) is 69.2 cm³/mol. The van der Waals surface area contributed by atoms with E-state index in [9.17, 15) is 0 Å². The number of hydrogen-bond acceptors (Lipinski definition) is 3. The molecule has 0 spiro atoms. The molecular formula is C13H19ClO3. The lowest BCUT2D eigenvalue weighted by Gasteiger charge is -2.13. The minimum atomic E-state index is 0.405. The molecule has 0 radical (unpaired) electrons. The Balaban J connectivity index is 2.55. The monoisotopic (exact) mass is 258 g/mol. The molecule has 17 heavy (non-hydrogen) atoms. The molecule has 1 rings (SSSR count). The van der Waals surface area contributed by atoms with Gasteiger partial charge in [-0.05, 0) is 12.5 Å². The third-order valence-electron chi connectivity index (χ3n) is 2.25. The maximum absolute atomic E-state index is 5.86. The molecular weight excluding hydrogens is 240 g/mol. The molecule has 0 fully saturated rings. The van der Waals surface area contributed by atoms with Crippen molar-refractivity contribution in [1.82, 2.24) is 0 Å². The third kappa shape index (κ3) is 4.44. The van der Waals surface area contributed by atoms with Gasteiger partial charge in [0.15, 0.2) is 11.5 Å². The van der Waals surface area contributed by atoms with Crippen molar-refractivity contribution in [2.24, 2.45) is 0 Å². The molecule has 1 aromatic rings. The van der Waals surface area contributed by atoms with E-state index in [2.05, 4.69) is 6.92 Å². The number of para-hydroxylation sites is 1. The van der Waals surface area contributed by atoms with Gasteiger partial charge in [0.05, 0.1) is 19.6 Å². The number of rotatable bonds is 8. The Labute approximate surface area is 108 Å². The highest BCUT2D eigenvalue weighted by molar-refractivity contribution is 6.17. The van der Waals surface area contributed by atoms with E-state index in [1.165, 1.54) is 0 Å². The molecule has 0 saturated heterocycles. The normalized spacial score (nSPS) is 10.3. The van der Waals surface area contributed by atoms with Crippen LogP contribution in [0.1, 0.15) is 18.9 Å². The highest BCUT2D eigenvalue weighted by Crippen LogP contribution is 2.31. The minimum absolute atomic E-state index is 0.405. The Morgan fingerprint density at radius 1 is 1.18 bits per heavy atom. The average molecular weight is 259 g/mol. The first-order valence-electron chi connectivity index (χ1n) is 5.75. The van der Waals surface area contributed by atoms with Gasteiger partial charge < -0.3 is 14.2 Å². The van der Waals surface area contributed by atoms with Crippen LogP contribution in [-0.2, 0) is 10.6 Å². The number of methoxy groups -OCH3 is 1. The van der Waals surface area contributed by atoms with E-state index in [4.69, 9.17) is 25.8 Å². The van der Waals surface area contributed by atoms with Gasteiger partial charge >= 0.3 is 0 Å². The van der Waals surface area contributed by atoms with Crippen molar-refractivity contribution >= 4 is 11.6 Å². The first-order chi connectivity index (χ1) is 8.33. The van der Waals surface area contributed by atoms with E-state index < -0.39 is 0 Å². The first kappa shape index (κ1) is 14.1. The molecule has 0 aliphatic carbocycles. The van der Waals surface area contributed by atoms with Crippen molar-refractivity contribution in [1.29, 1.82) is 0 Å². The molecule has 0 saturated carbocycles. The van der Waals surface area contributed by atoms with Crippen LogP contribution in [0.5, 0.6) is 11.5 Å². The molecule has 96 valence electrons. The Kier molecular flexibility index (Phi) is 6.82. The lowest BCUT2D eigenvalue weighted by Crippen LogP contribution is -2.08. The van der Waals surface area contributed by atoms with Gasteiger partial charge in [0, 0.05) is 12.2 Å². The van der Waals surface area contributed by atoms with E-state index in [0.29, 0.717) is 30.6 Å². The van der Waals surface area contributed by atoms with Gasteiger partial charge in [-0.25, -0.2) is 0 Å². The summed E-state index contributed by atoms with van der Waals surface area (Å²) in [5, 5.41) is 0. The molecule has 0 unspecified atom stereocenters. The molecule has 0 heterocycles. The molecule has 1 aromatic carbocycles. The quantitative estimate of drug-likeness (QED) is 0.529. The Morgan fingerprint density at radius 3 is 2.65 bits per heavy atom. The zero-order valence-corrected chi connectivity index (χ0v) is 11.1. The van der Waals surface area contributed by atoms with Crippen molar-refractivity contribution in [3.8, 4) is 11.5 Å². The highest BCUT2D eigenvalue weighted by Gasteiger charge is 2.09. The summed E-state index contributed by atoms with van der Waals surface area (Å²) in [6.45, 7) is 3.92. The maximum atomic E-state index is 5.86. The van der Waals surface area contributed by atoms with Gasteiger partial charge in [-0.3, -0.25) is 0 Å². The maximum Gasteiger partial charge on any atom is 0.165 e. The Morgan fingerprint density at radius 2 is 2.00 bits per heavy atom. The van der Waals surface area contributed by atoms with E-state index in [1.807, 2.05) is 18.2 Å². The van der Waals surface area contributed by atoms with Crippen LogP contribution < -0.4 is 9.47 Å². The lowest BCUT2D eigenvalue weighted by molar-refractivity contribution is 0.0992. The fourth-order valence-corrected chi connectivity index (χ4v) is 1.65. The van der Waals surface area contributed by atoms with E-state index in [-0.39, 0.29) is 0 Å². The van der Waals surface area contributed by atoms with Crippen LogP contribution >= 0.6 is 11.6 Å². The largest absolute Gasteiger partial charge is 0.493 e. The van der Waals surface area contributed by atoms with Gasteiger partial charge in [0.2, 0.25) is 0 Å². The molecule has 0 N–H and O–H groups in total. The Hall–Kier alpha value is -0.930. The van der Waals surface area contributed by atoms with Crippen LogP contribution in [-0.4, -0.2) is 26.9 Å². The summed E-state index contributed by atoms with van der Waals surface area (Å²) in [6.07, 6.45) is 1.02. The SMILES string of the molecule is CCCOCCOc1c(CCl)cccc1OC. The number of ether oxygens (including phenoxy) is 3. The second-order valence-electron chi connectivity index (χ2n) is 3.54. The minimum Gasteiger partial charge on any atom is -0.493 e. The number of alkyl halides is 1. The van der Waals surface area contributed by atoms with Crippen molar-refractivity contribution in [3.63, 3.8) is 0 Å². The number of hydrogen-bond donors (Lipinski definition) is 0. The average Bonchev–Trinajstić information content (AvgIpc) is 2.38. The van der Waals surface area contributed by atoms with Crippen LogP contribution in [0.3, 0.4) is 0 Å². The van der Waals surface area contributed by atoms with Gasteiger partial charge in [-0.15, -0.1) is 11.6 Å². The zero-order chi connectivity index (χ0) is 12.5. The second-order valence-corrected chi connectivity index (χ2v) is 3.81. The second kappa shape index (κ2) is 8.20. The summed E-state index contributed by atoms with van der Waals surface area (Å²) in [5.74, 6) is 1.83. The van der Waals surface area contributed by atoms with E-state index >= 15 is 0 Å². The zero-order valence-electron chi connectivity index (χ0n) is 10.4. The predicted octanol–water partition coefficient (Wildman–Crippen LogP) is 3.24. The van der Waals surface area contributed by atoms with Crippen LogP contribution in [0.15, 0.2) is 18.2 Å². The lowest BCUT2D eigenvalue weighted by atomic mass is 10.2. The summed E-state index contributed by atoms with van der Waals surface area (Å²) in [4.78, 5) is 0. The van der Waals surface area contributed by atoms with Gasteiger partial charge in [0.1, 0.15) is 6.61 Å². The molecule has 0 amide bonds. The topological polar surface area (TPSA) is 27.7 Å². The van der Waals surface area contributed by atoms with Crippen LogP contribution in [0.2, 0.25) is 0 Å². The summed E-state index contributed by atoms with van der Waals surface area (Å²) in [7, 11) is 1.62. The van der Waals surface area contributed by atoms with Crippen molar-refractivity contribution in [2.75, 3.05) is 26.9 Å². The first-order valence-corrected chi connectivity index (χ1v) is 6.29. The molecule has 0 aliphatic heterocycles. The van der Waals surface area contributed by atoms with Gasteiger partial charge in [-0.2, -0.15) is 0 Å². The molecule has 3 nitrogen and oxygen atoms in total. The van der Waals surface area contributed by atoms with Gasteiger partial charge in [-0.1, -0.05) is 19.1 Å². The van der Waals surface area contributed by atoms with Crippen molar-refractivity contribution < 1.29 is 14.2 Å². The number of halogens is 1. The van der Waals surface area contributed by atoms with Crippen LogP contribution in [0.4, 0.5) is 0 Å². The summed E-state index contributed by atoms with van der Waals surface area (Å²) in [6, 6.07) is 5.69. The standard InChI is InChI=1S/C13H19ClO3/c1-3-7-16-8-9-17-13-11(10-14)5-4-6-12(13)15-2/h4-6H,3,7-10H2,1-2H3. The van der Waals surface area contributed by atoms with Crippen LogP contribution in [0, 0.1) is 0 Å². The fraction of sp³-hybridized carbons (Fsp3) is 0.538. The third-order valence-corrected chi connectivity index (χ3v) is 2.53. The smallest absolute Gasteiger partial charge is 0.165 e. The molecule has 0 atom stereocenters. The molecule has 0 bridgehead atoms. The van der Waals surface area contributed by atoms with Crippen molar-refractivity contribution in [2.45, 2.75) is 19.2 Å². The molecule has 0 aliphatic rings. The fourth-order valence-electron chi connectivity index (χ4n) is 1.44.